The van der Waals surface area contributed by atoms with Gasteiger partial charge in [-0.15, -0.1) is 0 Å². The molecule has 35 heavy (non-hydrogen) atoms. The molecule has 1 aliphatic rings. The van der Waals surface area contributed by atoms with Crippen LogP contribution in [0.3, 0.4) is 0 Å². The van der Waals surface area contributed by atoms with Crippen molar-refractivity contribution in [1.29, 1.82) is 0 Å². The molecule has 7 nitrogen and oxygen atoms in total. The highest BCUT2D eigenvalue weighted by Crippen LogP contribution is 2.38. The van der Waals surface area contributed by atoms with Crippen molar-refractivity contribution in [3.63, 3.8) is 0 Å². The van der Waals surface area contributed by atoms with Crippen LogP contribution in [0.25, 0.3) is 12.2 Å². The number of benzene rings is 3. The van der Waals surface area contributed by atoms with E-state index in [9.17, 15) is 4.79 Å². The second kappa shape index (κ2) is 10.3. The zero-order valence-electron chi connectivity index (χ0n) is 20.2. The van der Waals surface area contributed by atoms with Crippen LogP contribution in [0.4, 0.5) is 0 Å². The van der Waals surface area contributed by atoms with Gasteiger partial charge in [0.2, 0.25) is 0 Å². The summed E-state index contributed by atoms with van der Waals surface area (Å²) in [6.07, 6.45) is 3.25. The lowest BCUT2D eigenvalue weighted by Crippen LogP contribution is -2.12. The fourth-order valence-corrected chi connectivity index (χ4v) is 3.58. The molecular weight excluding hydrogens is 448 g/mol. The second-order valence-electron chi connectivity index (χ2n) is 7.72. The first kappa shape index (κ1) is 23.8. The summed E-state index contributed by atoms with van der Waals surface area (Å²) in [5.74, 6) is 2.91. The van der Waals surface area contributed by atoms with Crippen molar-refractivity contribution in [3.8, 4) is 34.5 Å². The number of ether oxygens (including phenoxy) is 6. The van der Waals surface area contributed by atoms with E-state index < -0.39 is 5.78 Å². The molecule has 0 fully saturated rings. The Bertz CT molecular complexity index is 1320. The summed E-state index contributed by atoms with van der Waals surface area (Å²) in [7, 11) is 6.25. The van der Waals surface area contributed by atoms with Crippen LogP contribution in [0.1, 0.15) is 16.7 Å². The van der Waals surface area contributed by atoms with Gasteiger partial charge in [-0.2, -0.15) is 0 Å². The number of fused-ring (bicyclic) bond motifs is 1. The fraction of sp³-hybridized carbons (Fsp3) is 0.179. The van der Waals surface area contributed by atoms with Crippen LogP contribution in [-0.2, 0) is 4.79 Å². The summed E-state index contributed by atoms with van der Waals surface area (Å²) in [5.41, 5.74) is 2.26. The minimum absolute atomic E-state index is 0.0785. The molecule has 180 valence electrons. The molecule has 4 rings (SSSR count). The number of methoxy groups -OCH3 is 4. The van der Waals surface area contributed by atoms with Gasteiger partial charge < -0.3 is 28.4 Å². The lowest BCUT2D eigenvalue weighted by Gasteiger charge is -2.10. The molecule has 0 saturated carbocycles. The molecule has 1 heterocycles. The minimum Gasteiger partial charge on any atom is -0.497 e. The molecule has 0 radical (unpaired) electrons. The van der Waals surface area contributed by atoms with Gasteiger partial charge in [-0.25, -0.2) is 0 Å². The summed E-state index contributed by atoms with van der Waals surface area (Å²) in [5, 5.41) is 0. The Morgan fingerprint density at radius 1 is 0.629 bits per heavy atom. The average molecular weight is 475 g/mol. The van der Waals surface area contributed by atoms with Crippen LogP contribution in [0.5, 0.6) is 34.5 Å². The average Bonchev–Trinajstić information content (AvgIpc) is 3.00. The van der Waals surface area contributed by atoms with Crippen molar-refractivity contribution in [2.45, 2.75) is 6.92 Å². The third-order valence-corrected chi connectivity index (χ3v) is 5.44. The lowest BCUT2D eigenvalue weighted by molar-refractivity contribution is -0.115. The van der Waals surface area contributed by atoms with Gasteiger partial charge in [0.1, 0.15) is 23.0 Å². The van der Waals surface area contributed by atoms with Crippen LogP contribution >= 0.6 is 0 Å². The maximum Gasteiger partial charge on any atom is 0.263 e. The number of hydrogen-bond acceptors (Lipinski definition) is 7. The lowest BCUT2D eigenvalue weighted by atomic mass is 10.1. The van der Waals surface area contributed by atoms with Gasteiger partial charge in [-0.05, 0) is 61.0 Å². The molecule has 0 atom stereocenters. The predicted octanol–water partition coefficient (Wildman–Crippen LogP) is 5.45. The number of carbonyl (C=O) groups is 1. The Balaban J connectivity index is 1.85. The van der Waals surface area contributed by atoms with Crippen molar-refractivity contribution in [2.24, 2.45) is 0 Å². The van der Waals surface area contributed by atoms with E-state index >= 15 is 0 Å². The number of ketones is 1. The van der Waals surface area contributed by atoms with Crippen molar-refractivity contribution < 1.29 is 33.2 Å². The second-order valence-corrected chi connectivity index (χ2v) is 7.72. The van der Waals surface area contributed by atoms with Crippen molar-refractivity contribution in [3.05, 3.63) is 82.8 Å². The third-order valence-electron chi connectivity index (χ3n) is 5.44. The number of hydrogen-bond donors (Lipinski definition) is 0. The summed E-state index contributed by atoms with van der Waals surface area (Å²) in [6.45, 7) is 1.94. The molecule has 1 aliphatic heterocycles. The first-order chi connectivity index (χ1) is 16.9. The summed E-state index contributed by atoms with van der Waals surface area (Å²) >= 11 is 0. The van der Waals surface area contributed by atoms with Crippen molar-refractivity contribution in [2.75, 3.05) is 28.4 Å². The zero-order chi connectivity index (χ0) is 24.9. The van der Waals surface area contributed by atoms with Crippen molar-refractivity contribution >= 4 is 17.9 Å². The fourth-order valence-electron chi connectivity index (χ4n) is 3.58. The summed E-state index contributed by atoms with van der Waals surface area (Å²) in [4.78, 5) is 13.6. The number of Topliss-reactive ketones (excluding diaryl/α,β-unsaturated/α-hetero) is 1. The van der Waals surface area contributed by atoms with Crippen LogP contribution in [-0.4, -0.2) is 34.2 Å². The Labute approximate surface area is 204 Å². The summed E-state index contributed by atoms with van der Waals surface area (Å²) < 4.78 is 33.7. The van der Waals surface area contributed by atoms with E-state index in [0.717, 1.165) is 5.56 Å². The standard InChI is InChI=1S/C28H26O7/c1-17-6-11-22-25(12-17)35-27(14-19-8-10-21(31-3)16-24(19)33-5)28(29)26(34-22)13-18-7-9-20(30-2)15-23(18)32-4/h6-16H,1-5H3/b26-13-,27-14-. The Hall–Kier alpha value is -4.39. The van der Waals surface area contributed by atoms with E-state index in [1.165, 1.54) is 0 Å². The molecule has 3 aromatic rings. The van der Waals surface area contributed by atoms with Gasteiger partial charge in [-0.1, -0.05) is 6.07 Å². The molecule has 0 N–H and O–H groups in total. The van der Waals surface area contributed by atoms with E-state index in [1.54, 1.807) is 83.1 Å². The molecule has 0 spiro atoms. The van der Waals surface area contributed by atoms with Gasteiger partial charge in [-0.3, -0.25) is 4.79 Å². The van der Waals surface area contributed by atoms with Crippen molar-refractivity contribution in [1.82, 2.24) is 0 Å². The van der Waals surface area contributed by atoms with Gasteiger partial charge in [0.25, 0.3) is 5.78 Å². The highest BCUT2D eigenvalue weighted by Gasteiger charge is 2.27. The minimum atomic E-state index is -0.436. The highest BCUT2D eigenvalue weighted by atomic mass is 16.5. The van der Waals surface area contributed by atoms with E-state index in [-0.39, 0.29) is 11.5 Å². The first-order valence-electron chi connectivity index (χ1n) is 10.8. The normalized spacial score (nSPS) is 15.1. The van der Waals surface area contributed by atoms with E-state index in [4.69, 9.17) is 28.4 Å². The maximum absolute atomic E-state index is 13.6. The van der Waals surface area contributed by atoms with E-state index in [1.807, 2.05) is 19.1 Å². The number of carbonyl (C=O) groups excluding carboxylic acids is 1. The number of rotatable bonds is 6. The molecular formula is C28H26O7. The SMILES string of the molecule is COc1ccc(/C=C2\Oc3ccc(C)cc3O/C(=C\c3ccc(OC)cc3OC)C2=O)c(OC)c1. The third kappa shape index (κ3) is 5.09. The molecule has 0 amide bonds. The van der Waals surface area contributed by atoms with Crippen LogP contribution in [0.15, 0.2) is 66.1 Å². The number of aryl methyl sites for hydroxylation is 1. The quantitative estimate of drug-likeness (QED) is 0.440. The topological polar surface area (TPSA) is 72.5 Å². The highest BCUT2D eigenvalue weighted by molar-refractivity contribution is 6.11. The molecule has 0 saturated heterocycles. The van der Waals surface area contributed by atoms with Gasteiger partial charge in [0.05, 0.1) is 28.4 Å². The monoisotopic (exact) mass is 474 g/mol. The molecule has 3 aromatic carbocycles. The predicted molar refractivity (Wildman–Crippen MR) is 132 cm³/mol. The molecule has 7 heteroatoms. The molecule has 0 unspecified atom stereocenters. The molecule has 0 bridgehead atoms. The maximum atomic E-state index is 13.6. The van der Waals surface area contributed by atoms with E-state index in [0.29, 0.717) is 45.6 Å². The Morgan fingerprint density at radius 2 is 1.14 bits per heavy atom. The zero-order valence-corrected chi connectivity index (χ0v) is 20.2. The van der Waals surface area contributed by atoms with Crippen LogP contribution < -0.4 is 28.4 Å². The molecule has 0 aromatic heterocycles. The van der Waals surface area contributed by atoms with Crippen LogP contribution in [0, 0.1) is 6.92 Å². The Kier molecular flexibility index (Phi) is 6.96. The van der Waals surface area contributed by atoms with Gasteiger partial charge in [0, 0.05) is 23.3 Å². The summed E-state index contributed by atoms with van der Waals surface area (Å²) in [6, 6.07) is 16.1. The largest absolute Gasteiger partial charge is 0.497 e. The Morgan fingerprint density at radius 3 is 1.63 bits per heavy atom. The van der Waals surface area contributed by atoms with Gasteiger partial charge >= 0.3 is 0 Å². The van der Waals surface area contributed by atoms with Gasteiger partial charge in [0.15, 0.2) is 23.0 Å². The van der Waals surface area contributed by atoms with E-state index in [2.05, 4.69) is 0 Å². The van der Waals surface area contributed by atoms with Crippen LogP contribution in [0.2, 0.25) is 0 Å². The molecule has 0 aliphatic carbocycles. The first-order valence-corrected chi connectivity index (χ1v) is 10.8. The smallest absolute Gasteiger partial charge is 0.263 e.